The van der Waals surface area contributed by atoms with Gasteiger partial charge in [-0.15, -0.1) is 10.2 Å². The Morgan fingerprint density at radius 3 is 2.68 bits per heavy atom. The maximum absolute atomic E-state index is 13.9. The van der Waals surface area contributed by atoms with E-state index in [4.69, 9.17) is 10.7 Å². The van der Waals surface area contributed by atoms with Crippen molar-refractivity contribution in [2.75, 3.05) is 17.7 Å². The zero-order valence-corrected chi connectivity index (χ0v) is 20.1. The Hall–Kier alpha value is -5.08. The third-order valence-corrected chi connectivity index (χ3v) is 5.70. The van der Waals surface area contributed by atoms with Gasteiger partial charge in [0.25, 0.3) is 5.56 Å². The molecule has 184 valence electrons. The Bertz CT molecular complexity index is 1720. The first-order chi connectivity index (χ1) is 18.0. The number of para-hydroxylation sites is 1. The minimum atomic E-state index is -0.491. The fourth-order valence-electron chi connectivity index (χ4n) is 4.08. The van der Waals surface area contributed by atoms with Crippen LogP contribution in [0.25, 0.3) is 28.0 Å². The van der Waals surface area contributed by atoms with Crippen molar-refractivity contribution < 1.29 is 5.11 Å². The predicted octanol–water partition coefficient (Wildman–Crippen LogP) is 2.07. The molecule has 0 aliphatic rings. The number of nitrogens with one attached hydrogen (secondary N) is 1. The van der Waals surface area contributed by atoms with Gasteiger partial charge in [0.1, 0.15) is 18.2 Å². The van der Waals surface area contributed by atoms with E-state index in [1.54, 1.807) is 42.1 Å². The van der Waals surface area contributed by atoms with Crippen molar-refractivity contribution in [3.8, 4) is 28.9 Å². The van der Waals surface area contributed by atoms with Crippen LogP contribution in [0.15, 0.2) is 65.6 Å². The van der Waals surface area contributed by atoms with Crippen LogP contribution in [0.4, 0.5) is 11.5 Å². The summed E-state index contributed by atoms with van der Waals surface area (Å²) in [6, 6.07) is 15.7. The SMILES string of the molecule is C[C@H](Nc1nccc(N)c1-c1nnn(C)n1)c1nc2cccc(C#CCO)c2c(=O)n1-c1ccccc1. The highest BCUT2D eigenvalue weighted by molar-refractivity contribution is 5.85. The van der Waals surface area contributed by atoms with Crippen LogP contribution in [0.2, 0.25) is 0 Å². The lowest BCUT2D eigenvalue weighted by atomic mass is 10.1. The summed E-state index contributed by atoms with van der Waals surface area (Å²) in [4.78, 5) is 24.6. The van der Waals surface area contributed by atoms with Gasteiger partial charge in [-0.25, -0.2) is 9.97 Å². The van der Waals surface area contributed by atoms with Crippen molar-refractivity contribution in [2.24, 2.45) is 7.05 Å². The van der Waals surface area contributed by atoms with Crippen molar-refractivity contribution in [1.29, 1.82) is 0 Å². The Kier molecular flexibility index (Phi) is 6.32. The Morgan fingerprint density at radius 2 is 1.95 bits per heavy atom. The van der Waals surface area contributed by atoms with Gasteiger partial charge in [-0.1, -0.05) is 36.1 Å². The Morgan fingerprint density at radius 1 is 1.14 bits per heavy atom. The molecule has 0 saturated heterocycles. The average Bonchev–Trinajstić information content (AvgIpc) is 3.33. The van der Waals surface area contributed by atoms with Crippen molar-refractivity contribution >= 4 is 22.4 Å². The molecule has 4 N–H and O–H groups in total. The number of aromatic nitrogens is 7. The molecule has 0 fully saturated rings. The summed E-state index contributed by atoms with van der Waals surface area (Å²) in [6.07, 6.45) is 1.58. The van der Waals surface area contributed by atoms with E-state index >= 15 is 0 Å². The van der Waals surface area contributed by atoms with Gasteiger partial charge in [-0.2, -0.15) is 4.80 Å². The van der Waals surface area contributed by atoms with E-state index < -0.39 is 6.04 Å². The molecule has 2 aromatic carbocycles. The van der Waals surface area contributed by atoms with Crippen LogP contribution in [0.5, 0.6) is 0 Å². The summed E-state index contributed by atoms with van der Waals surface area (Å²) < 4.78 is 1.55. The second-order valence-electron chi connectivity index (χ2n) is 8.20. The Balaban J connectivity index is 1.69. The quantitative estimate of drug-likeness (QED) is 0.313. The minimum absolute atomic E-state index is 0.279. The molecular weight excluding hydrogens is 470 g/mol. The summed E-state index contributed by atoms with van der Waals surface area (Å²) in [7, 11) is 1.66. The molecule has 0 radical (unpaired) electrons. The molecule has 1 atom stereocenters. The van der Waals surface area contributed by atoms with E-state index in [1.807, 2.05) is 37.3 Å². The standard InChI is InChI=1S/C26H23N9O2/c1-16(29-23-22(19(27)13-14-28-23)24-31-33-34(2)32-24)25-30-20-12-6-8-17(9-7-15-36)21(20)26(37)35(25)18-10-4-3-5-11-18/h3-6,8,10-14,16,36H,15H2,1-2H3,(H3,27,28,29)/t16-/m0/s1. The molecule has 0 spiro atoms. The van der Waals surface area contributed by atoms with Gasteiger partial charge >= 0.3 is 0 Å². The van der Waals surface area contributed by atoms with Crippen LogP contribution < -0.4 is 16.6 Å². The Labute approximate surface area is 211 Å². The van der Waals surface area contributed by atoms with Gasteiger partial charge in [-0.05, 0) is 42.5 Å². The largest absolute Gasteiger partial charge is 0.398 e. The number of nitrogens with two attached hydrogens (primary N) is 1. The molecule has 0 unspecified atom stereocenters. The van der Waals surface area contributed by atoms with Crippen LogP contribution in [0.1, 0.15) is 24.4 Å². The first-order valence-electron chi connectivity index (χ1n) is 11.4. The molecule has 0 saturated carbocycles. The van der Waals surface area contributed by atoms with E-state index in [1.165, 1.54) is 4.80 Å². The summed E-state index contributed by atoms with van der Waals surface area (Å²) in [5.74, 6) is 6.69. The lowest BCUT2D eigenvalue weighted by Gasteiger charge is -2.21. The zero-order valence-electron chi connectivity index (χ0n) is 20.1. The number of benzene rings is 2. The molecule has 3 heterocycles. The van der Waals surface area contributed by atoms with Crippen molar-refractivity contribution in [3.63, 3.8) is 0 Å². The average molecular weight is 494 g/mol. The molecule has 0 aliphatic carbocycles. The van der Waals surface area contributed by atoms with Crippen LogP contribution >= 0.6 is 0 Å². The number of tetrazole rings is 1. The predicted molar refractivity (Wildman–Crippen MR) is 140 cm³/mol. The third kappa shape index (κ3) is 4.49. The van der Waals surface area contributed by atoms with Crippen LogP contribution in [0.3, 0.4) is 0 Å². The highest BCUT2D eigenvalue weighted by Crippen LogP contribution is 2.31. The fraction of sp³-hybridized carbons (Fsp3) is 0.154. The number of hydrogen-bond acceptors (Lipinski definition) is 9. The first-order valence-corrected chi connectivity index (χ1v) is 11.4. The molecule has 37 heavy (non-hydrogen) atoms. The third-order valence-electron chi connectivity index (χ3n) is 5.70. The van der Waals surface area contributed by atoms with Crippen molar-refractivity contribution in [3.05, 3.63) is 82.5 Å². The van der Waals surface area contributed by atoms with E-state index in [0.717, 1.165) is 0 Å². The van der Waals surface area contributed by atoms with E-state index in [0.29, 0.717) is 50.9 Å². The van der Waals surface area contributed by atoms with Gasteiger partial charge in [0.2, 0.25) is 5.82 Å². The number of anilines is 2. The van der Waals surface area contributed by atoms with Crippen LogP contribution in [-0.4, -0.2) is 46.5 Å². The molecule has 0 aliphatic heterocycles. The number of fused-ring (bicyclic) bond motifs is 1. The zero-order chi connectivity index (χ0) is 25.9. The second kappa shape index (κ2) is 9.88. The van der Waals surface area contributed by atoms with Crippen LogP contribution in [0, 0.1) is 11.8 Å². The molecule has 11 nitrogen and oxygen atoms in total. The molecule has 11 heteroatoms. The maximum Gasteiger partial charge on any atom is 0.267 e. The number of rotatable bonds is 5. The summed E-state index contributed by atoms with van der Waals surface area (Å²) >= 11 is 0. The first kappa shape index (κ1) is 23.7. The molecule has 5 rings (SSSR count). The van der Waals surface area contributed by atoms with Gasteiger partial charge < -0.3 is 16.2 Å². The summed E-state index contributed by atoms with van der Waals surface area (Å²) in [5, 5.41) is 25.1. The monoisotopic (exact) mass is 493 g/mol. The maximum atomic E-state index is 13.9. The van der Waals surface area contributed by atoms with E-state index in [9.17, 15) is 9.90 Å². The topological polar surface area (TPSA) is 150 Å². The smallest absolute Gasteiger partial charge is 0.267 e. The number of aryl methyl sites for hydroxylation is 1. The summed E-state index contributed by atoms with van der Waals surface area (Å²) in [5.41, 5.74) is 8.53. The van der Waals surface area contributed by atoms with E-state index in [-0.39, 0.29) is 12.2 Å². The van der Waals surface area contributed by atoms with Crippen molar-refractivity contribution in [2.45, 2.75) is 13.0 Å². The number of pyridine rings is 1. The fourth-order valence-corrected chi connectivity index (χ4v) is 4.08. The molecule has 5 aromatic rings. The van der Waals surface area contributed by atoms with Gasteiger partial charge in [-0.3, -0.25) is 9.36 Å². The van der Waals surface area contributed by atoms with Gasteiger partial charge in [0.15, 0.2) is 0 Å². The number of nitrogens with zero attached hydrogens (tertiary/aromatic N) is 7. The number of nitrogen functional groups attached to an aromatic ring is 1. The summed E-state index contributed by atoms with van der Waals surface area (Å²) in [6.45, 7) is 1.56. The van der Waals surface area contributed by atoms with Gasteiger partial charge in [0.05, 0.1) is 35.2 Å². The second-order valence-corrected chi connectivity index (χ2v) is 8.20. The van der Waals surface area contributed by atoms with E-state index in [2.05, 4.69) is 37.6 Å². The molecule has 3 aromatic heterocycles. The molecular formula is C26H23N9O2. The minimum Gasteiger partial charge on any atom is -0.398 e. The van der Waals surface area contributed by atoms with Gasteiger partial charge in [0, 0.05) is 17.4 Å². The number of aliphatic hydroxyl groups excluding tert-OH is 1. The molecule has 0 amide bonds. The molecule has 0 bridgehead atoms. The highest BCUT2D eigenvalue weighted by Gasteiger charge is 2.22. The lowest BCUT2D eigenvalue weighted by Crippen LogP contribution is -2.28. The number of aliphatic hydroxyl groups is 1. The number of hydrogen-bond donors (Lipinski definition) is 3. The lowest BCUT2D eigenvalue weighted by molar-refractivity contribution is 0.350. The highest BCUT2D eigenvalue weighted by atomic mass is 16.2. The normalized spacial score (nSPS) is 11.6. The van der Waals surface area contributed by atoms with Crippen molar-refractivity contribution in [1.82, 2.24) is 34.7 Å². The van der Waals surface area contributed by atoms with Crippen LogP contribution in [-0.2, 0) is 7.05 Å².